The minimum atomic E-state index is -1.70. The van der Waals surface area contributed by atoms with Crippen LogP contribution < -0.4 is 0 Å². The van der Waals surface area contributed by atoms with E-state index in [1.54, 1.807) is 6.92 Å². The molecule has 0 aliphatic carbocycles. The van der Waals surface area contributed by atoms with E-state index in [9.17, 15) is 4.79 Å². The number of carboxylic acids is 1. The molecule has 0 atom stereocenters. The highest BCUT2D eigenvalue weighted by Crippen LogP contribution is 2.28. The van der Waals surface area contributed by atoms with Crippen molar-refractivity contribution in [2.75, 3.05) is 13.2 Å². The SMILES string of the molecule is CCOC/C(=C\C(Cl)(Cl)Cl)C(=O)O. The fourth-order valence-electron chi connectivity index (χ4n) is 0.575. The monoisotopic (exact) mass is 246 g/mol. The van der Waals surface area contributed by atoms with E-state index in [1.165, 1.54) is 0 Å². The molecule has 0 aromatic rings. The molecule has 0 aromatic heterocycles. The van der Waals surface area contributed by atoms with Crippen LogP contribution in [0.5, 0.6) is 0 Å². The number of aliphatic carboxylic acids is 1. The van der Waals surface area contributed by atoms with E-state index < -0.39 is 9.76 Å². The maximum absolute atomic E-state index is 10.6. The second kappa shape index (κ2) is 5.70. The van der Waals surface area contributed by atoms with Gasteiger partial charge in [-0.2, -0.15) is 0 Å². The van der Waals surface area contributed by atoms with Gasteiger partial charge < -0.3 is 9.84 Å². The van der Waals surface area contributed by atoms with Crippen LogP contribution in [0.3, 0.4) is 0 Å². The number of hydrogen-bond acceptors (Lipinski definition) is 2. The molecule has 0 aliphatic rings. The zero-order chi connectivity index (χ0) is 10.5. The summed E-state index contributed by atoms with van der Waals surface area (Å²) in [6.45, 7) is 2.08. The smallest absolute Gasteiger partial charge is 0.333 e. The number of halogens is 3. The van der Waals surface area contributed by atoms with Gasteiger partial charge in [-0.15, -0.1) is 0 Å². The maximum Gasteiger partial charge on any atom is 0.333 e. The first kappa shape index (κ1) is 13.0. The van der Waals surface area contributed by atoms with E-state index in [2.05, 4.69) is 0 Å². The molecule has 0 spiro atoms. The summed E-state index contributed by atoms with van der Waals surface area (Å²) in [5, 5.41) is 8.64. The highest BCUT2D eigenvalue weighted by molar-refractivity contribution is 6.69. The van der Waals surface area contributed by atoms with E-state index in [0.29, 0.717) is 6.61 Å². The summed E-state index contributed by atoms with van der Waals surface area (Å²) in [6.07, 6.45) is 1.02. The van der Waals surface area contributed by atoms with Crippen LogP contribution in [-0.2, 0) is 9.53 Å². The fourth-order valence-corrected chi connectivity index (χ4v) is 0.970. The Balaban J connectivity index is 4.42. The maximum atomic E-state index is 10.6. The zero-order valence-electron chi connectivity index (χ0n) is 6.89. The highest BCUT2D eigenvalue weighted by Gasteiger charge is 2.20. The summed E-state index contributed by atoms with van der Waals surface area (Å²) >= 11 is 16.2. The van der Waals surface area contributed by atoms with Gasteiger partial charge in [0.25, 0.3) is 0 Å². The van der Waals surface area contributed by atoms with Gasteiger partial charge in [-0.25, -0.2) is 4.79 Å². The van der Waals surface area contributed by atoms with Crippen LogP contribution in [0, 0.1) is 0 Å². The Morgan fingerprint density at radius 1 is 1.54 bits per heavy atom. The first-order chi connectivity index (χ1) is 5.87. The number of carboxylic acid groups (broad SMARTS) is 1. The predicted octanol–water partition coefficient (Wildman–Crippen LogP) is 2.40. The van der Waals surface area contributed by atoms with Crippen molar-refractivity contribution < 1.29 is 14.6 Å². The summed E-state index contributed by atoms with van der Waals surface area (Å²) in [7, 11) is 0. The van der Waals surface area contributed by atoms with E-state index in [4.69, 9.17) is 44.6 Å². The quantitative estimate of drug-likeness (QED) is 0.613. The average molecular weight is 248 g/mol. The molecule has 76 valence electrons. The molecule has 0 amide bonds. The second-order valence-corrected chi connectivity index (χ2v) is 4.52. The minimum Gasteiger partial charge on any atom is -0.478 e. The molecule has 0 saturated carbocycles. The normalized spacial score (nSPS) is 13.1. The number of allylic oxidation sites excluding steroid dienone is 1. The lowest BCUT2D eigenvalue weighted by molar-refractivity contribution is -0.133. The predicted molar refractivity (Wildman–Crippen MR) is 52.5 cm³/mol. The Morgan fingerprint density at radius 2 is 2.08 bits per heavy atom. The van der Waals surface area contributed by atoms with Crippen LogP contribution in [0.2, 0.25) is 0 Å². The van der Waals surface area contributed by atoms with Crippen molar-refractivity contribution in [2.24, 2.45) is 0 Å². The van der Waals surface area contributed by atoms with Crippen molar-refractivity contribution in [1.29, 1.82) is 0 Å². The topological polar surface area (TPSA) is 46.5 Å². The lowest BCUT2D eigenvalue weighted by Gasteiger charge is -2.07. The Labute approximate surface area is 91.2 Å². The van der Waals surface area contributed by atoms with Crippen LogP contribution in [0.15, 0.2) is 11.6 Å². The van der Waals surface area contributed by atoms with Crippen molar-refractivity contribution in [1.82, 2.24) is 0 Å². The van der Waals surface area contributed by atoms with Crippen molar-refractivity contribution >= 4 is 40.8 Å². The molecule has 0 radical (unpaired) electrons. The number of ether oxygens (including phenoxy) is 1. The minimum absolute atomic E-state index is 0.0677. The van der Waals surface area contributed by atoms with E-state index in [0.717, 1.165) is 6.08 Å². The molecule has 0 aliphatic heterocycles. The molecule has 0 bridgehead atoms. The lowest BCUT2D eigenvalue weighted by Crippen LogP contribution is -2.12. The van der Waals surface area contributed by atoms with Crippen molar-refractivity contribution in [2.45, 2.75) is 10.7 Å². The highest BCUT2D eigenvalue weighted by atomic mass is 35.6. The molecule has 0 saturated heterocycles. The van der Waals surface area contributed by atoms with Crippen LogP contribution in [0.4, 0.5) is 0 Å². The summed E-state index contributed by atoms with van der Waals surface area (Å²) in [6, 6.07) is 0. The molecule has 13 heavy (non-hydrogen) atoms. The van der Waals surface area contributed by atoms with Gasteiger partial charge in [0.1, 0.15) is 0 Å². The van der Waals surface area contributed by atoms with Crippen LogP contribution in [0.25, 0.3) is 0 Å². The zero-order valence-corrected chi connectivity index (χ0v) is 9.16. The van der Waals surface area contributed by atoms with E-state index >= 15 is 0 Å². The average Bonchev–Trinajstić information content (AvgIpc) is 1.95. The van der Waals surface area contributed by atoms with Gasteiger partial charge in [-0.3, -0.25) is 0 Å². The first-order valence-electron chi connectivity index (χ1n) is 3.46. The Hall–Kier alpha value is 0.0400. The second-order valence-electron chi connectivity index (χ2n) is 2.15. The van der Waals surface area contributed by atoms with Crippen LogP contribution in [0.1, 0.15) is 6.92 Å². The fraction of sp³-hybridized carbons (Fsp3) is 0.571. The van der Waals surface area contributed by atoms with Gasteiger partial charge in [0.2, 0.25) is 3.79 Å². The molecule has 1 N–H and O–H groups in total. The summed E-state index contributed by atoms with van der Waals surface area (Å²) in [4.78, 5) is 10.6. The molecule has 0 fully saturated rings. The van der Waals surface area contributed by atoms with Gasteiger partial charge in [0.05, 0.1) is 12.2 Å². The summed E-state index contributed by atoms with van der Waals surface area (Å²) < 4.78 is 3.17. The molecule has 0 unspecified atom stereocenters. The molecule has 0 aromatic carbocycles. The molecule has 6 heteroatoms. The molecule has 0 rings (SSSR count). The van der Waals surface area contributed by atoms with Crippen LogP contribution >= 0.6 is 34.8 Å². The van der Waals surface area contributed by atoms with Gasteiger partial charge in [-0.05, 0) is 13.0 Å². The first-order valence-corrected chi connectivity index (χ1v) is 4.59. The third kappa shape index (κ3) is 7.14. The van der Waals surface area contributed by atoms with E-state index in [1.807, 2.05) is 0 Å². The lowest BCUT2D eigenvalue weighted by atomic mass is 10.3. The van der Waals surface area contributed by atoms with E-state index in [-0.39, 0.29) is 12.2 Å². The van der Waals surface area contributed by atoms with Crippen molar-refractivity contribution in [3.05, 3.63) is 11.6 Å². The van der Waals surface area contributed by atoms with Crippen LogP contribution in [-0.4, -0.2) is 28.1 Å². The Bertz CT molecular complexity index is 208. The number of alkyl halides is 3. The molecule has 3 nitrogen and oxygen atoms in total. The largest absolute Gasteiger partial charge is 0.478 e. The summed E-state index contributed by atoms with van der Waals surface area (Å²) in [5.74, 6) is -1.15. The summed E-state index contributed by atoms with van der Waals surface area (Å²) in [5.41, 5.74) is -0.0677. The van der Waals surface area contributed by atoms with Crippen molar-refractivity contribution in [3.63, 3.8) is 0 Å². The number of rotatable bonds is 4. The van der Waals surface area contributed by atoms with Gasteiger partial charge in [0.15, 0.2) is 0 Å². The molecule has 0 heterocycles. The third-order valence-corrected chi connectivity index (χ3v) is 1.40. The van der Waals surface area contributed by atoms with Gasteiger partial charge >= 0.3 is 5.97 Å². The number of hydrogen-bond donors (Lipinski definition) is 1. The molecular formula is C7H9Cl3O3. The molecular weight excluding hydrogens is 238 g/mol. The number of carbonyl (C=O) groups is 1. The third-order valence-electron chi connectivity index (χ3n) is 1.07. The van der Waals surface area contributed by atoms with Gasteiger partial charge in [0, 0.05) is 6.61 Å². The van der Waals surface area contributed by atoms with Crippen molar-refractivity contribution in [3.8, 4) is 0 Å². The Kier molecular flexibility index (Phi) is 5.72. The Morgan fingerprint density at radius 3 is 2.38 bits per heavy atom. The van der Waals surface area contributed by atoms with Gasteiger partial charge in [-0.1, -0.05) is 34.8 Å². The standard InChI is InChI=1S/C7H9Cl3O3/c1-2-13-4-5(6(11)12)3-7(8,9)10/h3H,2,4H2,1H3,(H,11,12)/b5-3+.